The van der Waals surface area contributed by atoms with Gasteiger partial charge in [-0.05, 0) is 50.5 Å². The van der Waals surface area contributed by atoms with Gasteiger partial charge in [0.1, 0.15) is 11.6 Å². The highest BCUT2D eigenvalue weighted by atomic mass is 19.1. The van der Waals surface area contributed by atoms with Crippen LogP contribution in [0, 0.1) is 5.82 Å². The fourth-order valence-electron chi connectivity index (χ4n) is 1.67. The summed E-state index contributed by atoms with van der Waals surface area (Å²) in [6, 6.07) is 5.80. The third-order valence-corrected chi connectivity index (χ3v) is 2.75. The standard InChI is InChI=1S/C15H22FNO3/c1-12(18)4-2-10-17-15(19)5-3-11-20-14-8-6-13(16)7-9-14/h6-9,12,18H,2-5,10-11H2,1H3,(H,17,19). The molecule has 0 saturated carbocycles. The minimum absolute atomic E-state index is 0.0155. The first kappa shape index (κ1) is 16.4. The lowest BCUT2D eigenvalue weighted by atomic mass is 10.2. The zero-order chi connectivity index (χ0) is 14.8. The number of hydrogen-bond donors (Lipinski definition) is 2. The maximum atomic E-state index is 12.7. The molecule has 20 heavy (non-hydrogen) atoms. The van der Waals surface area contributed by atoms with Crippen molar-refractivity contribution in [2.24, 2.45) is 0 Å². The molecule has 0 aliphatic heterocycles. The van der Waals surface area contributed by atoms with E-state index in [-0.39, 0.29) is 17.8 Å². The van der Waals surface area contributed by atoms with Crippen LogP contribution in [0.1, 0.15) is 32.6 Å². The average molecular weight is 283 g/mol. The number of ether oxygens (including phenoxy) is 1. The van der Waals surface area contributed by atoms with Crippen molar-refractivity contribution in [3.63, 3.8) is 0 Å². The second-order valence-corrected chi connectivity index (χ2v) is 4.75. The van der Waals surface area contributed by atoms with E-state index < -0.39 is 0 Å². The Balaban J connectivity index is 2.03. The van der Waals surface area contributed by atoms with E-state index in [0.29, 0.717) is 38.2 Å². The van der Waals surface area contributed by atoms with Crippen LogP contribution in [0.3, 0.4) is 0 Å². The lowest BCUT2D eigenvalue weighted by Crippen LogP contribution is -2.25. The number of aliphatic hydroxyl groups excluding tert-OH is 1. The van der Waals surface area contributed by atoms with Crippen molar-refractivity contribution in [2.75, 3.05) is 13.2 Å². The Morgan fingerprint density at radius 1 is 1.35 bits per heavy atom. The van der Waals surface area contributed by atoms with Gasteiger partial charge in [0, 0.05) is 13.0 Å². The van der Waals surface area contributed by atoms with E-state index in [1.54, 1.807) is 19.1 Å². The van der Waals surface area contributed by atoms with Crippen molar-refractivity contribution >= 4 is 5.91 Å². The minimum atomic E-state index is -0.323. The van der Waals surface area contributed by atoms with Gasteiger partial charge >= 0.3 is 0 Å². The van der Waals surface area contributed by atoms with E-state index >= 15 is 0 Å². The van der Waals surface area contributed by atoms with Crippen LogP contribution in [0.2, 0.25) is 0 Å². The van der Waals surface area contributed by atoms with E-state index in [2.05, 4.69) is 5.32 Å². The molecule has 0 spiro atoms. The molecule has 0 radical (unpaired) electrons. The Bertz CT molecular complexity index is 393. The van der Waals surface area contributed by atoms with Gasteiger partial charge < -0.3 is 15.2 Å². The van der Waals surface area contributed by atoms with Crippen molar-refractivity contribution in [2.45, 2.75) is 38.7 Å². The number of nitrogens with one attached hydrogen (secondary N) is 1. The first-order chi connectivity index (χ1) is 9.58. The fourth-order valence-corrected chi connectivity index (χ4v) is 1.67. The molecule has 4 nitrogen and oxygen atoms in total. The second kappa shape index (κ2) is 9.31. The van der Waals surface area contributed by atoms with Gasteiger partial charge in [-0.25, -0.2) is 4.39 Å². The lowest BCUT2D eigenvalue weighted by Gasteiger charge is -2.07. The zero-order valence-electron chi connectivity index (χ0n) is 11.8. The molecule has 0 aliphatic carbocycles. The Labute approximate surface area is 119 Å². The molecule has 1 unspecified atom stereocenters. The van der Waals surface area contributed by atoms with Crippen molar-refractivity contribution in [1.29, 1.82) is 0 Å². The molecule has 1 aromatic carbocycles. The summed E-state index contributed by atoms with van der Waals surface area (Å²) in [6.07, 6.45) is 2.15. The third kappa shape index (κ3) is 7.74. The molecule has 1 aromatic rings. The molecule has 1 atom stereocenters. The monoisotopic (exact) mass is 283 g/mol. The number of carbonyl (C=O) groups is 1. The number of benzene rings is 1. The Morgan fingerprint density at radius 2 is 2.05 bits per heavy atom. The average Bonchev–Trinajstić information content (AvgIpc) is 2.41. The van der Waals surface area contributed by atoms with Crippen LogP contribution < -0.4 is 10.1 Å². The van der Waals surface area contributed by atoms with Crippen molar-refractivity contribution in [3.05, 3.63) is 30.1 Å². The van der Waals surface area contributed by atoms with Crippen molar-refractivity contribution < 1.29 is 19.0 Å². The molecule has 112 valence electrons. The number of amides is 1. The molecular weight excluding hydrogens is 261 g/mol. The minimum Gasteiger partial charge on any atom is -0.494 e. The Morgan fingerprint density at radius 3 is 2.70 bits per heavy atom. The highest BCUT2D eigenvalue weighted by molar-refractivity contribution is 5.75. The summed E-state index contributed by atoms with van der Waals surface area (Å²) >= 11 is 0. The van der Waals surface area contributed by atoms with E-state index in [1.807, 2.05) is 0 Å². The van der Waals surface area contributed by atoms with Gasteiger partial charge in [0.05, 0.1) is 12.7 Å². The molecule has 0 aromatic heterocycles. The summed E-state index contributed by atoms with van der Waals surface area (Å²) in [5.74, 6) is 0.288. The van der Waals surface area contributed by atoms with Gasteiger partial charge in [-0.1, -0.05) is 0 Å². The summed E-state index contributed by atoms with van der Waals surface area (Å²) in [6.45, 7) is 2.74. The molecule has 0 heterocycles. The highest BCUT2D eigenvalue weighted by Crippen LogP contribution is 2.11. The summed E-state index contributed by atoms with van der Waals surface area (Å²) < 4.78 is 18.0. The predicted molar refractivity (Wildman–Crippen MR) is 75.1 cm³/mol. The summed E-state index contributed by atoms with van der Waals surface area (Å²) in [4.78, 5) is 11.5. The number of halogens is 1. The molecule has 1 rings (SSSR count). The molecule has 0 fully saturated rings. The van der Waals surface area contributed by atoms with Gasteiger partial charge in [0.15, 0.2) is 0 Å². The molecular formula is C15H22FNO3. The second-order valence-electron chi connectivity index (χ2n) is 4.75. The van der Waals surface area contributed by atoms with E-state index in [4.69, 9.17) is 9.84 Å². The zero-order valence-corrected chi connectivity index (χ0v) is 11.8. The number of aliphatic hydroxyl groups is 1. The third-order valence-electron chi connectivity index (χ3n) is 2.75. The normalized spacial score (nSPS) is 11.9. The molecule has 0 bridgehead atoms. The van der Waals surface area contributed by atoms with Gasteiger partial charge in [0.25, 0.3) is 0 Å². The molecule has 1 amide bonds. The van der Waals surface area contributed by atoms with Crippen LogP contribution >= 0.6 is 0 Å². The Hall–Kier alpha value is -1.62. The van der Waals surface area contributed by atoms with Crippen LogP contribution in [-0.2, 0) is 4.79 Å². The first-order valence-electron chi connectivity index (χ1n) is 6.91. The van der Waals surface area contributed by atoms with Gasteiger partial charge in [-0.3, -0.25) is 4.79 Å². The van der Waals surface area contributed by atoms with E-state index in [9.17, 15) is 9.18 Å². The van der Waals surface area contributed by atoms with Gasteiger partial charge in [0.2, 0.25) is 5.91 Å². The fraction of sp³-hybridized carbons (Fsp3) is 0.533. The highest BCUT2D eigenvalue weighted by Gasteiger charge is 2.02. The van der Waals surface area contributed by atoms with E-state index in [0.717, 1.165) is 6.42 Å². The van der Waals surface area contributed by atoms with Crippen LogP contribution in [0.25, 0.3) is 0 Å². The van der Waals surface area contributed by atoms with Gasteiger partial charge in [-0.2, -0.15) is 0 Å². The number of rotatable bonds is 9. The van der Waals surface area contributed by atoms with Crippen LogP contribution in [0.15, 0.2) is 24.3 Å². The number of hydrogen-bond acceptors (Lipinski definition) is 3. The Kier molecular flexibility index (Phi) is 7.65. The summed E-state index contributed by atoms with van der Waals surface area (Å²) in [7, 11) is 0. The molecule has 2 N–H and O–H groups in total. The largest absolute Gasteiger partial charge is 0.494 e. The summed E-state index contributed by atoms with van der Waals surface area (Å²) in [5.41, 5.74) is 0. The van der Waals surface area contributed by atoms with Crippen LogP contribution in [0.5, 0.6) is 5.75 Å². The van der Waals surface area contributed by atoms with Crippen LogP contribution in [0.4, 0.5) is 4.39 Å². The number of carbonyl (C=O) groups excluding carboxylic acids is 1. The molecule has 5 heteroatoms. The van der Waals surface area contributed by atoms with Crippen molar-refractivity contribution in [1.82, 2.24) is 5.32 Å². The van der Waals surface area contributed by atoms with Crippen LogP contribution in [-0.4, -0.2) is 30.3 Å². The smallest absolute Gasteiger partial charge is 0.220 e. The van der Waals surface area contributed by atoms with E-state index in [1.165, 1.54) is 12.1 Å². The summed E-state index contributed by atoms with van der Waals surface area (Å²) in [5, 5.41) is 11.9. The molecule has 0 saturated heterocycles. The first-order valence-corrected chi connectivity index (χ1v) is 6.91. The topological polar surface area (TPSA) is 58.6 Å². The lowest BCUT2D eigenvalue weighted by molar-refractivity contribution is -0.121. The quantitative estimate of drug-likeness (QED) is 0.683. The maximum absolute atomic E-state index is 12.7. The van der Waals surface area contributed by atoms with Gasteiger partial charge in [-0.15, -0.1) is 0 Å². The molecule has 0 aliphatic rings. The van der Waals surface area contributed by atoms with Crippen molar-refractivity contribution in [3.8, 4) is 5.75 Å². The predicted octanol–water partition coefficient (Wildman–Crippen LogP) is 2.26. The maximum Gasteiger partial charge on any atom is 0.220 e. The SMILES string of the molecule is CC(O)CCCNC(=O)CCCOc1ccc(F)cc1.